The van der Waals surface area contributed by atoms with E-state index in [1.165, 1.54) is 0 Å². The quantitative estimate of drug-likeness (QED) is 0.527. The number of rotatable bonds is 10. The maximum absolute atomic E-state index is 12.5. The Morgan fingerprint density at radius 1 is 0.966 bits per heavy atom. The predicted octanol–water partition coefficient (Wildman–Crippen LogP) is 4.19. The molecule has 2 N–H and O–H groups in total. The number of hydrogen-bond donors (Lipinski definition) is 2. The van der Waals surface area contributed by atoms with Crippen LogP contribution in [-0.2, 0) is 21.2 Å². The number of benzene rings is 2. The van der Waals surface area contributed by atoms with Crippen molar-refractivity contribution in [2.45, 2.75) is 27.2 Å². The van der Waals surface area contributed by atoms with E-state index in [1.54, 1.807) is 43.3 Å². The van der Waals surface area contributed by atoms with Gasteiger partial charge in [-0.2, -0.15) is 0 Å². The molecule has 0 saturated carbocycles. The van der Waals surface area contributed by atoms with Gasteiger partial charge in [-0.1, -0.05) is 15.9 Å². The van der Waals surface area contributed by atoms with E-state index in [2.05, 4.69) is 26.0 Å². The lowest BCUT2D eigenvalue weighted by Gasteiger charge is -2.14. The van der Waals surface area contributed by atoms with Crippen LogP contribution in [0.25, 0.3) is 0 Å². The SMILES string of the molecule is CCOc1cc(Br)c(CC(=O)Nc2ccc(NS(=O)(=O)CC)cc2)cc1OCC. The van der Waals surface area contributed by atoms with Gasteiger partial charge in [0.1, 0.15) is 0 Å². The normalized spacial score (nSPS) is 11.0. The first kappa shape index (κ1) is 23.0. The smallest absolute Gasteiger partial charge is 0.232 e. The van der Waals surface area contributed by atoms with Gasteiger partial charge in [0.05, 0.1) is 25.4 Å². The molecule has 2 rings (SSSR count). The van der Waals surface area contributed by atoms with Crippen molar-refractivity contribution in [1.29, 1.82) is 0 Å². The van der Waals surface area contributed by atoms with Crippen LogP contribution in [0.1, 0.15) is 26.3 Å². The van der Waals surface area contributed by atoms with Crippen molar-refractivity contribution in [1.82, 2.24) is 0 Å². The van der Waals surface area contributed by atoms with Crippen molar-refractivity contribution in [3.05, 3.63) is 46.4 Å². The summed E-state index contributed by atoms with van der Waals surface area (Å²) in [5.41, 5.74) is 1.78. The maximum atomic E-state index is 12.5. The second kappa shape index (κ2) is 10.5. The van der Waals surface area contributed by atoms with Gasteiger partial charge in [-0.25, -0.2) is 8.42 Å². The lowest BCUT2D eigenvalue weighted by molar-refractivity contribution is -0.115. The van der Waals surface area contributed by atoms with Crippen LogP contribution in [0.15, 0.2) is 40.9 Å². The average molecular weight is 485 g/mol. The summed E-state index contributed by atoms with van der Waals surface area (Å²) in [6, 6.07) is 10.1. The van der Waals surface area contributed by atoms with Crippen LogP contribution in [0.3, 0.4) is 0 Å². The van der Waals surface area contributed by atoms with Gasteiger partial charge in [-0.15, -0.1) is 0 Å². The molecule has 0 aliphatic heterocycles. The molecule has 0 aliphatic rings. The van der Waals surface area contributed by atoms with Crippen LogP contribution >= 0.6 is 15.9 Å². The van der Waals surface area contributed by atoms with Gasteiger partial charge in [-0.05, 0) is 62.7 Å². The van der Waals surface area contributed by atoms with Crippen LogP contribution in [0.4, 0.5) is 11.4 Å². The van der Waals surface area contributed by atoms with Crippen LogP contribution < -0.4 is 19.5 Å². The third-order valence-electron chi connectivity index (χ3n) is 3.89. The topological polar surface area (TPSA) is 93.7 Å². The molecule has 0 aliphatic carbocycles. The maximum Gasteiger partial charge on any atom is 0.232 e. The third kappa shape index (κ3) is 6.93. The Kier molecular flexibility index (Phi) is 8.33. The minimum absolute atomic E-state index is 0.00775. The molecule has 0 aromatic heterocycles. The Hall–Kier alpha value is -2.26. The molecule has 2 aromatic carbocycles. The molecule has 0 spiro atoms. The molecular formula is C20H25BrN2O5S. The first-order chi connectivity index (χ1) is 13.8. The third-order valence-corrected chi connectivity index (χ3v) is 5.93. The summed E-state index contributed by atoms with van der Waals surface area (Å²) in [5, 5.41) is 2.80. The molecule has 0 heterocycles. The summed E-state index contributed by atoms with van der Waals surface area (Å²) in [6.07, 6.45) is 0.136. The van der Waals surface area contributed by atoms with Crippen molar-refractivity contribution in [2.24, 2.45) is 0 Å². The predicted molar refractivity (Wildman–Crippen MR) is 118 cm³/mol. The molecule has 0 saturated heterocycles. The summed E-state index contributed by atoms with van der Waals surface area (Å²) in [7, 11) is -3.34. The standard InChI is InChI=1S/C20H25BrN2O5S/c1-4-27-18-11-14(17(21)13-19(18)28-5-2)12-20(24)22-15-7-9-16(10-8-15)23-29(25,26)6-3/h7-11,13,23H,4-6,12H2,1-3H3,(H,22,24). The van der Waals surface area contributed by atoms with Gasteiger partial charge in [0.25, 0.3) is 0 Å². The molecule has 0 unspecified atom stereocenters. The summed E-state index contributed by atoms with van der Waals surface area (Å²) < 4.78 is 37.6. The zero-order valence-electron chi connectivity index (χ0n) is 16.6. The second-order valence-electron chi connectivity index (χ2n) is 6.06. The fourth-order valence-corrected chi connectivity index (χ4v) is 3.60. The van der Waals surface area contributed by atoms with E-state index >= 15 is 0 Å². The van der Waals surface area contributed by atoms with Crippen molar-refractivity contribution < 1.29 is 22.7 Å². The Bertz CT molecular complexity index is 946. The number of nitrogens with one attached hydrogen (secondary N) is 2. The lowest BCUT2D eigenvalue weighted by Crippen LogP contribution is -2.16. The van der Waals surface area contributed by atoms with E-state index in [1.807, 2.05) is 13.8 Å². The van der Waals surface area contributed by atoms with Gasteiger partial charge >= 0.3 is 0 Å². The van der Waals surface area contributed by atoms with E-state index in [0.29, 0.717) is 36.1 Å². The fraction of sp³-hybridized carbons (Fsp3) is 0.350. The first-order valence-electron chi connectivity index (χ1n) is 9.26. The molecule has 0 bridgehead atoms. The monoisotopic (exact) mass is 484 g/mol. The van der Waals surface area contributed by atoms with Gasteiger partial charge in [0.15, 0.2) is 11.5 Å². The van der Waals surface area contributed by atoms with Gasteiger partial charge < -0.3 is 14.8 Å². The number of carbonyl (C=O) groups excluding carboxylic acids is 1. The highest BCUT2D eigenvalue weighted by Crippen LogP contribution is 2.34. The number of hydrogen-bond acceptors (Lipinski definition) is 5. The molecule has 9 heteroatoms. The highest BCUT2D eigenvalue weighted by molar-refractivity contribution is 9.10. The molecule has 29 heavy (non-hydrogen) atoms. The summed E-state index contributed by atoms with van der Waals surface area (Å²) >= 11 is 3.48. The van der Waals surface area contributed by atoms with E-state index in [4.69, 9.17) is 9.47 Å². The number of ether oxygens (including phenoxy) is 2. The van der Waals surface area contributed by atoms with E-state index in [-0.39, 0.29) is 18.1 Å². The number of sulfonamides is 1. The van der Waals surface area contributed by atoms with Gasteiger partial charge in [0.2, 0.25) is 15.9 Å². The molecule has 0 fully saturated rings. The summed E-state index contributed by atoms with van der Waals surface area (Å²) in [4.78, 5) is 12.5. The minimum Gasteiger partial charge on any atom is -0.490 e. The highest BCUT2D eigenvalue weighted by Gasteiger charge is 2.14. The minimum atomic E-state index is -3.34. The second-order valence-corrected chi connectivity index (χ2v) is 8.93. The summed E-state index contributed by atoms with van der Waals surface area (Å²) in [6.45, 7) is 6.34. The lowest BCUT2D eigenvalue weighted by atomic mass is 10.1. The zero-order valence-corrected chi connectivity index (χ0v) is 19.0. The van der Waals surface area contributed by atoms with E-state index in [0.717, 1.165) is 10.0 Å². The van der Waals surface area contributed by atoms with Crippen molar-refractivity contribution >= 4 is 43.2 Å². The molecule has 0 radical (unpaired) electrons. The Labute approximate surface area is 180 Å². The van der Waals surface area contributed by atoms with Gasteiger partial charge in [0, 0.05) is 15.8 Å². The average Bonchev–Trinajstić information content (AvgIpc) is 2.67. The van der Waals surface area contributed by atoms with Crippen molar-refractivity contribution in [3.8, 4) is 11.5 Å². The Balaban J connectivity index is 2.07. The van der Waals surface area contributed by atoms with Crippen molar-refractivity contribution in [3.63, 3.8) is 0 Å². The molecule has 0 atom stereocenters. The summed E-state index contributed by atoms with van der Waals surface area (Å²) in [5.74, 6) is 0.995. The molecule has 7 nitrogen and oxygen atoms in total. The molecule has 1 amide bonds. The molecular weight excluding hydrogens is 460 g/mol. The number of halogens is 1. The largest absolute Gasteiger partial charge is 0.490 e. The van der Waals surface area contributed by atoms with Gasteiger partial charge in [-0.3, -0.25) is 9.52 Å². The van der Waals surface area contributed by atoms with Crippen LogP contribution in [0.5, 0.6) is 11.5 Å². The van der Waals surface area contributed by atoms with Crippen LogP contribution in [-0.4, -0.2) is 33.3 Å². The Morgan fingerprint density at radius 3 is 2.07 bits per heavy atom. The molecule has 2 aromatic rings. The first-order valence-corrected chi connectivity index (χ1v) is 11.7. The van der Waals surface area contributed by atoms with Crippen LogP contribution in [0, 0.1) is 0 Å². The fourth-order valence-electron chi connectivity index (χ4n) is 2.50. The Morgan fingerprint density at radius 2 is 1.52 bits per heavy atom. The number of anilines is 2. The zero-order chi connectivity index (χ0) is 21.4. The van der Waals surface area contributed by atoms with E-state index < -0.39 is 10.0 Å². The number of amides is 1. The van der Waals surface area contributed by atoms with E-state index in [9.17, 15) is 13.2 Å². The molecule has 158 valence electrons. The number of carbonyl (C=O) groups is 1. The van der Waals surface area contributed by atoms with Crippen LogP contribution in [0.2, 0.25) is 0 Å². The highest BCUT2D eigenvalue weighted by atomic mass is 79.9. The van der Waals surface area contributed by atoms with Crippen molar-refractivity contribution in [2.75, 3.05) is 29.0 Å².